The van der Waals surface area contributed by atoms with E-state index in [9.17, 15) is 0 Å². The lowest BCUT2D eigenvalue weighted by Crippen LogP contribution is -1.70. The predicted octanol–water partition coefficient (Wildman–Crippen LogP) is 3.96. The Balaban J connectivity index is -0.000000174. The van der Waals surface area contributed by atoms with E-state index in [2.05, 4.69) is 38.1 Å². The van der Waals surface area contributed by atoms with Crippen LogP contribution in [0.4, 0.5) is 0 Å². The summed E-state index contributed by atoms with van der Waals surface area (Å²) in [6.07, 6.45) is 0. The van der Waals surface area contributed by atoms with Crippen LogP contribution in [-0.4, -0.2) is 12.2 Å². The van der Waals surface area contributed by atoms with Crippen molar-refractivity contribution >= 4 is 0 Å². The maximum atomic E-state index is 7.00. The summed E-state index contributed by atoms with van der Waals surface area (Å²) in [5, 5.41) is 7.00. The van der Waals surface area contributed by atoms with E-state index >= 15 is 0 Å². The fourth-order valence-electron chi connectivity index (χ4n) is 0.637. The molecule has 0 amide bonds. The van der Waals surface area contributed by atoms with E-state index in [1.807, 2.05) is 27.7 Å². The van der Waals surface area contributed by atoms with Crippen LogP contribution in [0.3, 0.4) is 0 Å². The highest BCUT2D eigenvalue weighted by atomic mass is 16.2. The molecule has 1 aromatic carbocycles. The molecule has 0 heterocycles. The molecule has 0 bridgehead atoms. The standard InChI is InChI=1S/C8H10.2C2H6.CH4O/c1-7-3-5-8(2)6-4-7;3*1-2/h3-6H,1-2H3;2*1-2H3;2H,1H3. The second-order valence-corrected chi connectivity index (χ2v) is 2.15. The second-order valence-electron chi connectivity index (χ2n) is 2.15. The van der Waals surface area contributed by atoms with Crippen LogP contribution < -0.4 is 0 Å². The zero-order chi connectivity index (χ0) is 12.0. The van der Waals surface area contributed by atoms with Crippen LogP contribution in [0, 0.1) is 13.8 Å². The molecule has 0 atom stereocenters. The molecule has 0 aliphatic carbocycles. The Morgan fingerprint density at radius 2 is 0.786 bits per heavy atom. The number of benzene rings is 1. The predicted molar refractivity (Wildman–Crippen MR) is 66.8 cm³/mol. The van der Waals surface area contributed by atoms with Gasteiger partial charge in [-0.3, -0.25) is 0 Å². The first-order valence-electron chi connectivity index (χ1n) is 5.27. The van der Waals surface area contributed by atoms with Gasteiger partial charge < -0.3 is 5.11 Å². The van der Waals surface area contributed by atoms with E-state index in [0.717, 1.165) is 7.11 Å². The monoisotopic (exact) mass is 198 g/mol. The second kappa shape index (κ2) is 18.1. The summed E-state index contributed by atoms with van der Waals surface area (Å²) in [7, 11) is 1.00. The van der Waals surface area contributed by atoms with Crippen molar-refractivity contribution in [3.8, 4) is 0 Å². The van der Waals surface area contributed by atoms with Gasteiger partial charge in [-0.15, -0.1) is 0 Å². The van der Waals surface area contributed by atoms with Crippen molar-refractivity contribution in [2.75, 3.05) is 7.11 Å². The van der Waals surface area contributed by atoms with Crippen molar-refractivity contribution < 1.29 is 5.11 Å². The molecule has 1 aromatic rings. The fraction of sp³-hybridized carbons (Fsp3) is 0.538. The molecule has 0 aromatic heterocycles. The van der Waals surface area contributed by atoms with Gasteiger partial charge in [0.2, 0.25) is 0 Å². The van der Waals surface area contributed by atoms with Gasteiger partial charge in [0.1, 0.15) is 0 Å². The molecule has 0 aliphatic rings. The first-order chi connectivity index (χ1) is 6.79. The molecule has 14 heavy (non-hydrogen) atoms. The Labute approximate surface area is 89.8 Å². The van der Waals surface area contributed by atoms with Crippen LogP contribution in [0.5, 0.6) is 0 Å². The number of rotatable bonds is 0. The van der Waals surface area contributed by atoms with Crippen LogP contribution in [0.15, 0.2) is 24.3 Å². The third-order valence-corrected chi connectivity index (χ3v) is 1.22. The van der Waals surface area contributed by atoms with Gasteiger partial charge in [0, 0.05) is 7.11 Å². The molecule has 0 saturated heterocycles. The SMILES string of the molecule is CC.CC.CO.Cc1ccc(C)cc1. The summed E-state index contributed by atoms with van der Waals surface area (Å²) >= 11 is 0. The smallest absolute Gasteiger partial charge is 0.0319 e. The Kier molecular flexibility index (Phi) is 24.3. The summed E-state index contributed by atoms with van der Waals surface area (Å²) in [5.74, 6) is 0. The molecule has 0 unspecified atom stereocenters. The summed E-state index contributed by atoms with van der Waals surface area (Å²) in [5.41, 5.74) is 2.66. The highest BCUT2D eigenvalue weighted by molar-refractivity contribution is 5.19. The lowest BCUT2D eigenvalue weighted by Gasteiger charge is -1.90. The summed E-state index contributed by atoms with van der Waals surface area (Å²) in [4.78, 5) is 0. The molecule has 84 valence electrons. The maximum absolute atomic E-state index is 7.00. The molecule has 0 spiro atoms. The molecular formula is C13H26O. The Morgan fingerprint density at radius 3 is 0.929 bits per heavy atom. The van der Waals surface area contributed by atoms with Crippen LogP contribution in [0.1, 0.15) is 38.8 Å². The summed E-state index contributed by atoms with van der Waals surface area (Å²) in [6.45, 7) is 12.2. The molecule has 1 N–H and O–H groups in total. The number of aliphatic hydroxyl groups is 1. The maximum Gasteiger partial charge on any atom is 0.0319 e. The zero-order valence-electron chi connectivity index (χ0n) is 10.8. The van der Waals surface area contributed by atoms with Gasteiger partial charge in [-0.2, -0.15) is 0 Å². The van der Waals surface area contributed by atoms with Crippen LogP contribution >= 0.6 is 0 Å². The molecule has 0 fully saturated rings. The summed E-state index contributed by atoms with van der Waals surface area (Å²) in [6, 6.07) is 8.48. The van der Waals surface area contributed by atoms with E-state index in [-0.39, 0.29) is 0 Å². The quantitative estimate of drug-likeness (QED) is 0.669. The van der Waals surface area contributed by atoms with E-state index in [1.54, 1.807) is 0 Å². The molecular weight excluding hydrogens is 172 g/mol. The minimum atomic E-state index is 1.00. The first-order valence-corrected chi connectivity index (χ1v) is 5.27. The normalized spacial score (nSPS) is 6.57. The fourth-order valence-corrected chi connectivity index (χ4v) is 0.637. The molecule has 0 radical (unpaired) electrons. The lowest BCUT2D eigenvalue weighted by molar-refractivity contribution is 0.399. The Hall–Kier alpha value is -0.820. The molecule has 1 rings (SSSR count). The van der Waals surface area contributed by atoms with Crippen molar-refractivity contribution in [2.24, 2.45) is 0 Å². The topological polar surface area (TPSA) is 20.2 Å². The Morgan fingerprint density at radius 1 is 0.643 bits per heavy atom. The van der Waals surface area contributed by atoms with Gasteiger partial charge in [-0.25, -0.2) is 0 Å². The van der Waals surface area contributed by atoms with Gasteiger partial charge in [-0.1, -0.05) is 63.1 Å². The molecule has 0 saturated carbocycles. The number of aliphatic hydroxyl groups excluding tert-OH is 1. The van der Waals surface area contributed by atoms with Crippen LogP contribution in [0.2, 0.25) is 0 Å². The van der Waals surface area contributed by atoms with Crippen molar-refractivity contribution in [1.29, 1.82) is 0 Å². The van der Waals surface area contributed by atoms with Crippen molar-refractivity contribution in [1.82, 2.24) is 0 Å². The van der Waals surface area contributed by atoms with Crippen LogP contribution in [0.25, 0.3) is 0 Å². The molecule has 1 heteroatoms. The highest BCUT2D eigenvalue weighted by Gasteiger charge is 1.79. The largest absolute Gasteiger partial charge is 0.400 e. The van der Waals surface area contributed by atoms with E-state index in [0.29, 0.717) is 0 Å². The average Bonchev–Trinajstić information content (AvgIpc) is 2.31. The molecule has 0 aliphatic heterocycles. The first kappa shape index (κ1) is 18.9. The van der Waals surface area contributed by atoms with E-state index in [1.165, 1.54) is 11.1 Å². The van der Waals surface area contributed by atoms with Crippen molar-refractivity contribution in [3.63, 3.8) is 0 Å². The number of aryl methyl sites for hydroxylation is 2. The van der Waals surface area contributed by atoms with Gasteiger partial charge in [0.05, 0.1) is 0 Å². The number of hydrogen-bond donors (Lipinski definition) is 1. The summed E-state index contributed by atoms with van der Waals surface area (Å²) < 4.78 is 0. The highest BCUT2D eigenvalue weighted by Crippen LogP contribution is 1.99. The van der Waals surface area contributed by atoms with E-state index < -0.39 is 0 Å². The van der Waals surface area contributed by atoms with E-state index in [4.69, 9.17) is 5.11 Å². The number of hydrogen-bond acceptors (Lipinski definition) is 1. The third kappa shape index (κ3) is 13.7. The molecule has 1 nitrogen and oxygen atoms in total. The van der Waals surface area contributed by atoms with Gasteiger partial charge in [0.15, 0.2) is 0 Å². The zero-order valence-corrected chi connectivity index (χ0v) is 10.8. The Bertz CT molecular complexity index is 144. The van der Waals surface area contributed by atoms with Gasteiger partial charge in [-0.05, 0) is 13.8 Å². The lowest BCUT2D eigenvalue weighted by atomic mass is 10.2. The minimum absolute atomic E-state index is 1.00. The van der Waals surface area contributed by atoms with Gasteiger partial charge in [0.25, 0.3) is 0 Å². The minimum Gasteiger partial charge on any atom is -0.400 e. The van der Waals surface area contributed by atoms with Gasteiger partial charge >= 0.3 is 0 Å². The van der Waals surface area contributed by atoms with Crippen LogP contribution in [-0.2, 0) is 0 Å². The van der Waals surface area contributed by atoms with Crippen molar-refractivity contribution in [3.05, 3.63) is 35.4 Å². The third-order valence-electron chi connectivity index (χ3n) is 1.22. The average molecular weight is 198 g/mol. The van der Waals surface area contributed by atoms with Crippen molar-refractivity contribution in [2.45, 2.75) is 41.5 Å².